The number of nitrogens with two attached hydrogens (primary N) is 1. The zero-order valence-corrected chi connectivity index (χ0v) is 10.2. The normalized spacial score (nSPS) is 10.3. The van der Waals surface area contributed by atoms with Crippen LogP contribution < -0.4 is 5.73 Å². The minimum absolute atomic E-state index is 0.0914. The number of H-pyrrole nitrogens is 1. The Morgan fingerprint density at radius 2 is 2.28 bits per heavy atom. The van der Waals surface area contributed by atoms with Gasteiger partial charge in [0.25, 0.3) is 0 Å². The van der Waals surface area contributed by atoms with Crippen molar-refractivity contribution >= 4 is 11.7 Å². The van der Waals surface area contributed by atoms with Gasteiger partial charge in [0, 0.05) is 11.3 Å². The zero-order chi connectivity index (χ0) is 13.1. The fraction of sp³-hybridized carbons (Fsp3) is 0.250. The molecule has 2 aromatic rings. The summed E-state index contributed by atoms with van der Waals surface area (Å²) in [6.07, 6.45) is 0. The van der Waals surface area contributed by atoms with Gasteiger partial charge in [-0.05, 0) is 25.5 Å². The first kappa shape index (κ1) is 12.1. The molecule has 0 saturated carbocycles. The maximum atomic E-state index is 11.5. The molecule has 0 aliphatic heterocycles. The molecule has 0 bridgehead atoms. The summed E-state index contributed by atoms with van der Waals surface area (Å²) in [7, 11) is 0. The van der Waals surface area contributed by atoms with Gasteiger partial charge >= 0.3 is 5.97 Å². The molecule has 0 saturated heterocycles. The van der Waals surface area contributed by atoms with E-state index in [1.807, 2.05) is 19.1 Å². The Hall–Kier alpha value is -2.37. The van der Waals surface area contributed by atoms with Crippen LogP contribution in [0.1, 0.15) is 23.1 Å². The van der Waals surface area contributed by atoms with Crippen molar-refractivity contribution in [2.45, 2.75) is 13.8 Å². The summed E-state index contributed by atoms with van der Waals surface area (Å²) in [4.78, 5) is 15.6. The summed E-state index contributed by atoms with van der Waals surface area (Å²) < 4.78 is 4.83. The minimum Gasteiger partial charge on any atom is -0.460 e. The number of esters is 1. The third-order valence-corrected chi connectivity index (χ3v) is 2.57. The fourth-order valence-corrected chi connectivity index (χ4v) is 1.57. The number of carbonyl (C=O) groups excluding carboxylic acids is 1. The van der Waals surface area contributed by atoms with E-state index in [4.69, 9.17) is 10.5 Å². The molecule has 0 atom stereocenters. The summed E-state index contributed by atoms with van der Waals surface area (Å²) >= 11 is 0. The maximum absolute atomic E-state index is 11.5. The number of nitrogens with one attached hydrogen (secondary N) is 1. The average molecular weight is 246 g/mol. The molecule has 0 spiro atoms. The van der Waals surface area contributed by atoms with E-state index < -0.39 is 5.97 Å². The van der Waals surface area contributed by atoms with Crippen molar-refractivity contribution in [1.82, 2.24) is 15.2 Å². The molecule has 94 valence electrons. The number of rotatable bonds is 3. The lowest BCUT2D eigenvalue weighted by Gasteiger charge is -2.03. The Kier molecular flexibility index (Phi) is 3.27. The third kappa shape index (κ3) is 2.17. The van der Waals surface area contributed by atoms with Gasteiger partial charge in [-0.15, -0.1) is 0 Å². The van der Waals surface area contributed by atoms with Gasteiger partial charge in [-0.2, -0.15) is 5.10 Å². The molecule has 0 aliphatic rings. The predicted molar refractivity (Wildman–Crippen MR) is 66.9 cm³/mol. The molecule has 1 aromatic heterocycles. The Labute approximate surface area is 104 Å². The van der Waals surface area contributed by atoms with Gasteiger partial charge in [0.15, 0.2) is 5.82 Å². The van der Waals surface area contributed by atoms with Crippen LogP contribution >= 0.6 is 0 Å². The monoisotopic (exact) mass is 246 g/mol. The second-order valence-corrected chi connectivity index (χ2v) is 3.75. The van der Waals surface area contributed by atoms with Gasteiger partial charge < -0.3 is 10.5 Å². The first-order valence-corrected chi connectivity index (χ1v) is 5.58. The van der Waals surface area contributed by atoms with Crippen molar-refractivity contribution in [3.63, 3.8) is 0 Å². The lowest BCUT2D eigenvalue weighted by atomic mass is 10.1. The highest BCUT2D eigenvalue weighted by Gasteiger charge is 2.15. The van der Waals surface area contributed by atoms with Crippen LogP contribution in [0.3, 0.4) is 0 Å². The minimum atomic E-state index is -0.516. The Bertz CT molecular complexity index is 577. The predicted octanol–water partition coefficient (Wildman–Crippen LogP) is 1.54. The molecule has 2 rings (SSSR count). The number of nitrogen functional groups attached to an aromatic ring is 1. The highest BCUT2D eigenvalue weighted by Crippen LogP contribution is 2.23. The summed E-state index contributed by atoms with van der Waals surface area (Å²) in [5, 5.41) is 6.56. The van der Waals surface area contributed by atoms with Gasteiger partial charge in [0.05, 0.1) is 6.61 Å². The quantitative estimate of drug-likeness (QED) is 0.632. The Morgan fingerprint density at radius 1 is 1.50 bits per heavy atom. The molecule has 0 unspecified atom stereocenters. The molecule has 1 heterocycles. The molecule has 0 fully saturated rings. The largest absolute Gasteiger partial charge is 0.460 e. The van der Waals surface area contributed by atoms with Crippen molar-refractivity contribution in [3.8, 4) is 11.4 Å². The van der Waals surface area contributed by atoms with Crippen LogP contribution in [-0.2, 0) is 4.74 Å². The average Bonchev–Trinajstić information content (AvgIpc) is 2.82. The number of carbonyl (C=O) groups is 1. The van der Waals surface area contributed by atoms with E-state index in [2.05, 4.69) is 15.2 Å². The van der Waals surface area contributed by atoms with E-state index >= 15 is 0 Å². The molecule has 0 aliphatic carbocycles. The number of ether oxygens (including phenoxy) is 1. The van der Waals surface area contributed by atoms with E-state index in [-0.39, 0.29) is 5.82 Å². The van der Waals surface area contributed by atoms with Crippen molar-refractivity contribution < 1.29 is 9.53 Å². The van der Waals surface area contributed by atoms with Gasteiger partial charge in [0.1, 0.15) is 0 Å². The molecule has 6 heteroatoms. The van der Waals surface area contributed by atoms with Gasteiger partial charge in [-0.25, -0.2) is 9.78 Å². The summed E-state index contributed by atoms with van der Waals surface area (Å²) in [5.41, 5.74) is 8.15. The molecular formula is C12H14N4O2. The van der Waals surface area contributed by atoms with Crippen LogP contribution in [0, 0.1) is 6.92 Å². The van der Waals surface area contributed by atoms with Gasteiger partial charge in [-0.1, -0.05) is 12.1 Å². The highest BCUT2D eigenvalue weighted by molar-refractivity contribution is 5.85. The Balaban J connectivity index is 2.35. The third-order valence-electron chi connectivity index (χ3n) is 2.57. The van der Waals surface area contributed by atoms with Crippen LogP contribution in [-0.4, -0.2) is 27.8 Å². The number of nitrogens with zero attached hydrogens (tertiary/aromatic N) is 2. The van der Waals surface area contributed by atoms with Crippen molar-refractivity contribution in [3.05, 3.63) is 29.6 Å². The highest BCUT2D eigenvalue weighted by atomic mass is 16.5. The zero-order valence-electron chi connectivity index (χ0n) is 10.2. The van der Waals surface area contributed by atoms with Crippen molar-refractivity contribution in [2.75, 3.05) is 12.3 Å². The number of hydrogen-bond donors (Lipinski definition) is 2. The number of hydrogen-bond acceptors (Lipinski definition) is 5. The van der Waals surface area contributed by atoms with Crippen LogP contribution in [0.5, 0.6) is 0 Å². The maximum Gasteiger partial charge on any atom is 0.375 e. The standard InChI is InChI=1S/C12H14N4O2/c1-3-18-12(17)11-14-10(15-16-11)8-5-4-6-9(13)7(8)2/h4-6H,3,13H2,1-2H3,(H,14,15,16). The molecule has 6 nitrogen and oxygen atoms in total. The molecule has 1 aromatic carbocycles. The van der Waals surface area contributed by atoms with E-state index in [1.165, 1.54) is 0 Å². The van der Waals surface area contributed by atoms with Gasteiger partial charge in [0.2, 0.25) is 5.82 Å². The van der Waals surface area contributed by atoms with E-state index in [1.54, 1.807) is 13.0 Å². The molecule has 3 N–H and O–H groups in total. The number of anilines is 1. The van der Waals surface area contributed by atoms with Crippen LogP contribution in [0.2, 0.25) is 0 Å². The fourth-order valence-electron chi connectivity index (χ4n) is 1.57. The Morgan fingerprint density at radius 3 is 3.00 bits per heavy atom. The van der Waals surface area contributed by atoms with Crippen molar-refractivity contribution in [2.24, 2.45) is 0 Å². The van der Waals surface area contributed by atoms with Crippen molar-refractivity contribution in [1.29, 1.82) is 0 Å². The molecular weight excluding hydrogens is 232 g/mol. The second kappa shape index (κ2) is 4.87. The lowest BCUT2D eigenvalue weighted by Crippen LogP contribution is -2.06. The van der Waals surface area contributed by atoms with E-state index in [0.717, 1.165) is 11.1 Å². The van der Waals surface area contributed by atoms with Crippen LogP contribution in [0.15, 0.2) is 18.2 Å². The topological polar surface area (TPSA) is 93.9 Å². The molecule has 0 amide bonds. The van der Waals surface area contributed by atoms with Crippen LogP contribution in [0.4, 0.5) is 5.69 Å². The smallest absolute Gasteiger partial charge is 0.375 e. The first-order chi connectivity index (χ1) is 8.63. The summed E-state index contributed by atoms with van der Waals surface area (Å²) in [5.74, 6) is 0.00864. The lowest BCUT2D eigenvalue weighted by molar-refractivity contribution is 0.0512. The van der Waals surface area contributed by atoms with Crippen LogP contribution in [0.25, 0.3) is 11.4 Å². The second-order valence-electron chi connectivity index (χ2n) is 3.75. The van der Waals surface area contributed by atoms with E-state index in [9.17, 15) is 4.79 Å². The number of aromatic amines is 1. The first-order valence-electron chi connectivity index (χ1n) is 5.58. The number of aromatic nitrogens is 3. The van der Waals surface area contributed by atoms with Gasteiger partial charge in [-0.3, -0.25) is 5.10 Å². The molecule has 0 radical (unpaired) electrons. The SMILES string of the molecule is CCOC(=O)c1nc(-c2cccc(N)c2C)n[nH]1. The summed E-state index contributed by atoms with van der Waals surface area (Å²) in [6, 6.07) is 5.47. The van der Waals surface area contributed by atoms with E-state index in [0.29, 0.717) is 18.1 Å². The molecule has 18 heavy (non-hydrogen) atoms. The summed E-state index contributed by atoms with van der Waals surface area (Å²) in [6.45, 7) is 3.91. The number of benzene rings is 1.